The van der Waals surface area contributed by atoms with E-state index in [0.717, 1.165) is 71.2 Å². The van der Waals surface area contributed by atoms with Crippen LogP contribution in [0.2, 0.25) is 0 Å². The van der Waals surface area contributed by atoms with Gasteiger partial charge in [0.15, 0.2) is 0 Å². The van der Waals surface area contributed by atoms with Crippen LogP contribution in [0.3, 0.4) is 0 Å². The Morgan fingerprint density at radius 3 is 2.11 bits per heavy atom. The third-order valence-electron chi connectivity index (χ3n) is 6.30. The van der Waals surface area contributed by atoms with Crippen molar-refractivity contribution in [3.8, 4) is 0 Å². The molecule has 1 aliphatic heterocycles. The molecule has 146 valence electrons. The molecular formula is C22H31N3O2. The molecular weight excluding hydrogens is 338 g/mol. The van der Waals surface area contributed by atoms with Crippen LogP contribution in [0.1, 0.15) is 44.1 Å². The third kappa shape index (κ3) is 4.89. The van der Waals surface area contributed by atoms with Gasteiger partial charge < -0.3 is 10.2 Å². The molecule has 1 aromatic rings. The van der Waals surface area contributed by atoms with Crippen molar-refractivity contribution in [3.05, 3.63) is 35.9 Å². The smallest absolute Gasteiger partial charge is 0.225 e. The van der Waals surface area contributed by atoms with Crippen molar-refractivity contribution in [1.82, 2.24) is 15.1 Å². The number of nitrogens with one attached hydrogen (secondary N) is 1. The van der Waals surface area contributed by atoms with Gasteiger partial charge in [-0.2, -0.15) is 0 Å². The second-order valence-corrected chi connectivity index (χ2v) is 8.42. The summed E-state index contributed by atoms with van der Waals surface area (Å²) >= 11 is 0. The molecule has 2 saturated carbocycles. The SMILES string of the molecule is O=C(NC1CC1)C1CCC(C(=O)N2CCN(Cc3ccccc3)CC2)CC1. The number of hydrogen-bond acceptors (Lipinski definition) is 3. The minimum atomic E-state index is 0.121. The second-order valence-electron chi connectivity index (χ2n) is 8.42. The van der Waals surface area contributed by atoms with Crippen LogP contribution in [0.15, 0.2) is 30.3 Å². The van der Waals surface area contributed by atoms with Crippen LogP contribution in [0.5, 0.6) is 0 Å². The van der Waals surface area contributed by atoms with Crippen LogP contribution in [-0.2, 0) is 16.1 Å². The second kappa shape index (κ2) is 8.42. The van der Waals surface area contributed by atoms with E-state index in [-0.39, 0.29) is 17.7 Å². The Hall–Kier alpha value is -1.88. The van der Waals surface area contributed by atoms with Crippen LogP contribution in [-0.4, -0.2) is 53.8 Å². The molecule has 1 saturated heterocycles. The zero-order chi connectivity index (χ0) is 18.6. The zero-order valence-electron chi connectivity index (χ0n) is 16.1. The summed E-state index contributed by atoms with van der Waals surface area (Å²) in [6, 6.07) is 11.0. The standard InChI is InChI=1S/C22H31N3O2/c26-21(23-20-10-11-20)18-6-8-19(9-7-18)22(27)25-14-12-24(13-15-25)16-17-4-2-1-3-5-17/h1-5,18-20H,6-16H2,(H,23,26). The molecule has 0 atom stereocenters. The van der Waals surface area contributed by atoms with Crippen LogP contribution in [0.25, 0.3) is 0 Å². The first-order valence-corrected chi connectivity index (χ1v) is 10.5. The molecule has 5 nitrogen and oxygen atoms in total. The molecule has 0 spiro atoms. The summed E-state index contributed by atoms with van der Waals surface area (Å²) in [7, 11) is 0. The third-order valence-corrected chi connectivity index (χ3v) is 6.30. The first-order valence-electron chi connectivity index (χ1n) is 10.5. The molecule has 3 aliphatic rings. The van der Waals surface area contributed by atoms with Crippen LogP contribution >= 0.6 is 0 Å². The van der Waals surface area contributed by atoms with Crippen molar-refractivity contribution < 1.29 is 9.59 Å². The largest absolute Gasteiger partial charge is 0.353 e. The number of carbonyl (C=O) groups excluding carboxylic acids is 2. The Labute approximate surface area is 162 Å². The number of nitrogens with zero attached hydrogens (tertiary/aromatic N) is 2. The summed E-state index contributed by atoms with van der Waals surface area (Å²) in [4.78, 5) is 29.6. The van der Waals surface area contributed by atoms with Crippen LogP contribution in [0.4, 0.5) is 0 Å². The summed E-state index contributed by atoms with van der Waals surface area (Å²) in [6.07, 6.45) is 5.73. The Balaban J connectivity index is 1.20. The number of carbonyl (C=O) groups is 2. The fourth-order valence-electron chi connectivity index (χ4n) is 4.38. The minimum absolute atomic E-state index is 0.121. The highest BCUT2D eigenvalue weighted by Crippen LogP contribution is 2.31. The van der Waals surface area contributed by atoms with Gasteiger partial charge in [0.05, 0.1) is 0 Å². The number of rotatable bonds is 5. The molecule has 1 N–H and O–H groups in total. The van der Waals surface area contributed by atoms with E-state index >= 15 is 0 Å². The molecule has 2 aliphatic carbocycles. The molecule has 1 aromatic carbocycles. The molecule has 0 bridgehead atoms. The fraction of sp³-hybridized carbons (Fsp3) is 0.636. The van der Waals surface area contributed by atoms with Gasteiger partial charge >= 0.3 is 0 Å². The predicted molar refractivity (Wildman–Crippen MR) is 105 cm³/mol. The van der Waals surface area contributed by atoms with E-state index in [1.807, 2.05) is 6.07 Å². The van der Waals surface area contributed by atoms with Gasteiger partial charge in [-0.1, -0.05) is 30.3 Å². The Morgan fingerprint density at radius 1 is 0.852 bits per heavy atom. The molecule has 5 heteroatoms. The number of benzene rings is 1. The van der Waals surface area contributed by atoms with Gasteiger partial charge in [0.2, 0.25) is 11.8 Å². The normalized spacial score (nSPS) is 26.6. The first kappa shape index (κ1) is 18.5. The summed E-state index contributed by atoms with van der Waals surface area (Å²) in [6.45, 7) is 4.51. The average molecular weight is 370 g/mol. The summed E-state index contributed by atoms with van der Waals surface area (Å²) < 4.78 is 0. The number of piperazine rings is 1. The van der Waals surface area contributed by atoms with Crippen molar-refractivity contribution in [2.45, 2.75) is 51.1 Å². The number of hydrogen-bond donors (Lipinski definition) is 1. The van der Waals surface area contributed by atoms with Gasteiger partial charge in [-0.05, 0) is 44.1 Å². The molecule has 0 radical (unpaired) electrons. The molecule has 0 aromatic heterocycles. The maximum atomic E-state index is 12.9. The molecule has 0 unspecified atom stereocenters. The highest BCUT2D eigenvalue weighted by atomic mass is 16.2. The highest BCUT2D eigenvalue weighted by molar-refractivity contribution is 5.81. The van der Waals surface area contributed by atoms with Crippen molar-refractivity contribution >= 4 is 11.8 Å². The molecule has 4 rings (SSSR count). The van der Waals surface area contributed by atoms with Gasteiger partial charge in [-0.3, -0.25) is 14.5 Å². The van der Waals surface area contributed by atoms with Gasteiger partial charge in [-0.15, -0.1) is 0 Å². The van der Waals surface area contributed by atoms with E-state index in [0.29, 0.717) is 11.9 Å². The maximum Gasteiger partial charge on any atom is 0.225 e. The predicted octanol–water partition coefficient (Wildman–Crippen LogP) is 2.42. The minimum Gasteiger partial charge on any atom is -0.353 e. The monoisotopic (exact) mass is 369 g/mol. The van der Waals surface area contributed by atoms with Crippen molar-refractivity contribution in [2.75, 3.05) is 26.2 Å². The van der Waals surface area contributed by atoms with Crippen molar-refractivity contribution in [1.29, 1.82) is 0 Å². The summed E-state index contributed by atoms with van der Waals surface area (Å²) in [5.41, 5.74) is 1.33. The van der Waals surface area contributed by atoms with Crippen LogP contribution in [0, 0.1) is 11.8 Å². The molecule has 2 amide bonds. The zero-order valence-corrected chi connectivity index (χ0v) is 16.1. The van der Waals surface area contributed by atoms with Gasteiger partial charge in [-0.25, -0.2) is 0 Å². The van der Waals surface area contributed by atoms with Crippen LogP contribution < -0.4 is 5.32 Å². The lowest BCUT2D eigenvalue weighted by Crippen LogP contribution is -2.50. The van der Waals surface area contributed by atoms with Gasteiger partial charge in [0.25, 0.3) is 0 Å². The maximum absolute atomic E-state index is 12.9. The molecule has 3 fully saturated rings. The summed E-state index contributed by atoms with van der Waals surface area (Å²) in [5.74, 6) is 0.779. The highest BCUT2D eigenvalue weighted by Gasteiger charge is 2.34. The molecule has 27 heavy (non-hydrogen) atoms. The average Bonchev–Trinajstić information content (AvgIpc) is 3.53. The lowest BCUT2D eigenvalue weighted by Gasteiger charge is -2.37. The van der Waals surface area contributed by atoms with E-state index in [2.05, 4.69) is 39.4 Å². The Kier molecular flexibility index (Phi) is 5.77. The quantitative estimate of drug-likeness (QED) is 0.867. The Morgan fingerprint density at radius 2 is 1.48 bits per heavy atom. The fourth-order valence-corrected chi connectivity index (χ4v) is 4.38. The van der Waals surface area contributed by atoms with E-state index < -0.39 is 0 Å². The van der Waals surface area contributed by atoms with E-state index in [4.69, 9.17) is 0 Å². The van der Waals surface area contributed by atoms with E-state index in [9.17, 15) is 9.59 Å². The van der Waals surface area contributed by atoms with Crippen molar-refractivity contribution in [2.24, 2.45) is 11.8 Å². The van der Waals surface area contributed by atoms with Gasteiger partial charge in [0.1, 0.15) is 0 Å². The van der Waals surface area contributed by atoms with E-state index in [1.54, 1.807) is 0 Å². The lowest BCUT2D eigenvalue weighted by atomic mass is 9.81. The molecule has 1 heterocycles. The van der Waals surface area contributed by atoms with Gasteiger partial charge in [0, 0.05) is 50.6 Å². The Bertz CT molecular complexity index is 643. The number of amides is 2. The first-order chi connectivity index (χ1) is 13.2. The van der Waals surface area contributed by atoms with E-state index in [1.165, 1.54) is 5.56 Å². The summed E-state index contributed by atoms with van der Waals surface area (Å²) in [5, 5.41) is 3.12. The topological polar surface area (TPSA) is 52.7 Å². The van der Waals surface area contributed by atoms with Crippen molar-refractivity contribution in [3.63, 3.8) is 0 Å². The lowest BCUT2D eigenvalue weighted by molar-refractivity contribution is -0.140.